The molecule has 0 aliphatic heterocycles. The molecule has 0 aliphatic rings. The average molecular weight is 240 g/mol. The summed E-state index contributed by atoms with van der Waals surface area (Å²) < 4.78 is 60.3. The van der Waals surface area contributed by atoms with Crippen LogP contribution in [0.25, 0.3) is 0 Å². The molecule has 0 bridgehead atoms. The van der Waals surface area contributed by atoms with Gasteiger partial charge in [0.15, 0.2) is 0 Å². The van der Waals surface area contributed by atoms with E-state index in [0.717, 1.165) is 12.1 Å². The lowest BCUT2D eigenvalue weighted by Crippen LogP contribution is -2.12. The minimum absolute atomic E-state index is 0.0632. The van der Waals surface area contributed by atoms with E-state index in [9.17, 15) is 22.0 Å². The minimum Gasteiger partial charge on any atom is -0.397 e. The van der Waals surface area contributed by atoms with Crippen LogP contribution < -0.4 is 11.1 Å². The fourth-order valence-electron chi connectivity index (χ4n) is 1.09. The highest BCUT2D eigenvalue weighted by atomic mass is 19.4. The molecule has 0 saturated carbocycles. The topological polar surface area (TPSA) is 38.0 Å². The van der Waals surface area contributed by atoms with E-state index in [-0.39, 0.29) is 11.4 Å². The molecule has 0 amide bonds. The van der Waals surface area contributed by atoms with Gasteiger partial charge in [-0.1, -0.05) is 0 Å². The number of rotatable bonds is 3. The van der Waals surface area contributed by atoms with Gasteiger partial charge in [-0.2, -0.15) is 13.2 Å². The molecule has 0 heterocycles. The van der Waals surface area contributed by atoms with Gasteiger partial charge in [0.1, 0.15) is 0 Å². The van der Waals surface area contributed by atoms with Gasteiger partial charge in [0.25, 0.3) is 6.43 Å². The molecule has 1 aromatic rings. The summed E-state index contributed by atoms with van der Waals surface area (Å²) in [6.07, 6.45) is -7.09. The summed E-state index contributed by atoms with van der Waals surface area (Å²) in [7, 11) is 0. The van der Waals surface area contributed by atoms with E-state index in [2.05, 4.69) is 5.32 Å². The second-order valence-corrected chi connectivity index (χ2v) is 3.07. The highest BCUT2D eigenvalue weighted by Crippen LogP contribution is 2.32. The lowest BCUT2D eigenvalue weighted by Gasteiger charge is -2.12. The summed E-state index contributed by atoms with van der Waals surface area (Å²) in [5.74, 6) is 0. The first-order chi connectivity index (χ1) is 7.30. The molecule has 2 nitrogen and oxygen atoms in total. The van der Waals surface area contributed by atoms with Crippen molar-refractivity contribution >= 4 is 11.4 Å². The Morgan fingerprint density at radius 3 is 2.31 bits per heavy atom. The number of nitrogens with one attached hydrogen (secondary N) is 1. The van der Waals surface area contributed by atoms with Gasteiger partial charge in [-0.05, 0) is 18.2 Å². The zero-order valence-corrected chi connectivity index (χ0v) is 7.98. The van der Waals surface area contributed by atoms with Crippen LogP contribution >= 0.6 is 0 Å². The molecule has 0 unspecified atom stereocenters. The lowest BCUT2D eigenvalue weighted by molar-refractivity contribution is -0.137. The van der Waals surface area contributed by atoms with Crippen molar-refractivity contribution in [2.45, 2.75) is 12.6 Å². The van der Waals surface area contributed by atoms with E-state index in [0.29, 0.717) is 6.07 Å². The van der Waals surface area contributed by atoms with Crippen LogP contribution in [0.15, 0.2) is 18.2 Å². The summed E-state index contributed by atoms with van der Waals surface area (Å²) in [4.78, 5) is 0. The molecular formula is C9H9F5N2. The molecule has 0 aromatic heterocycles. The second kappa shape index (κ2) is 4.54. The number of alkyl halides is 5. The van der Waals surface area contributed by atoms with Crippen LogP contribution in [0.4, 0.5) is 33.3 Å². The molecule has 0 radical (unpaired) electrons. The normalized spacial score (nSPS) is 11.9. The van der Waals surface area contributed by atoms with Crippen LogP contribution in [0, 0.1) is 0 Å². The van der Waals surface area contributed by atoms with Gasteiger partial charge < -0.3 is 11.1 Å². The van der Waals surface area contributed by atoms with Crippen LogP contribution in [0.2, 0.25) is 0 Å². The summed E-state index contributed by atoms with van der Waals surface area (Å²) >= 11 is 0. The van der Waals surface area contributed by atoms with Crippen molar-refractivity contribution < 1.29 is 22.0 Å². The van der Waals surface area contributed by atoms with Crippen molar-refractivity contribution in [1.82, 2.24) is 0 Å². The zero-order chi connectivity index (χ0) is 12.3. The van der Waals surface area contributed by atoms with Crippen LogP contribution in [0.3, 0.4) is 0 Å². The molecule has 0 aliphatic carbocycles. The summed E-state index contributed by atoms with van der Waals surface area (Å²) in [5.41, 5.74) is 4.24. The quantitative estimate of drug-likeness (QED) is 0.629. The third kappa shape index (κ3) is 3.25. The first-order valence-electron chi connectivity index (χ1n) is 4.29. The molecule has 0 saturated heterocycles. The Morgan fingerprint density at radius 2 is 1.88 bits per heavy atom. The van der Waals surface area contributed by atoms with E-state index in [1.54, 1.807) is 0 Å². The Balaban J connectivity index is 2.84. The smallest absolute Gasteiger partial charge is 0.397 e. The van der Waals surface area contributed by atoms with Gasteiger partial charge in [0.2, 0.25) is 0 Å². The maximum absolute atomic E-state index is 12.2. The molecule has 1 aromatic carbocycles. The summed E-state index contributed by atoms with van der Waals surface area (Å²) in [6, 6.07) is 2.51. The Morgan fingerprint density at radius 1 is 1.25 bits per heavy atom. The van der Waals surface area contributed by atoms with Gasteiger partial charge in [0, 0.05) is 0 Å². The Hall–Kier alpha value is -1.53. The number of hydrogen-bond acceptors (Lipinski definition) is 2. The molecule has 0 atom stereocenters. The van der Waals surface area contributed by atoms with Crippen molar-refractivity contribution in [2.75, 3.05) is 17.6 Å². The van der Waals surface area contributed by atoms with Crippen molar-refractivity contribution in [3.05, 3.63) is 23.8 Å². The highest BCUT2D eigenvalue weighted by Gasteiger charge is 2.30. The van der Waals surface area contributed by atoms with Crippen molar-refractivity contribution in [3.8, 4) is 0 Å². The number of anilines is 2. The highest BCUT2D eigenvalue weighted by molar-refractivity contribution is 5.67. The monoisotopic (exact) mass is 240 g/mol. The third-order valence-electron chi connectivity index (χ3n) is 1.83. The zero-order valence-electron chi connectivity index (χ0n) is 7.98. The largest absolute Gasteiger partial charge is 0.416 e. The molecular weight excluding hydrogens is 231 g/mol. The maximum atomic E-state index is 12.2. The van der Waals surface area contributed by atoms with Gasteiger partial charge in [0.05, 0.1) is 23.5 Å². The van der Waals surface area contributed by atoms with E-state index < -0.39 is 24.7 Å². The maximum Gasteiger partial charge on any atom is 0.416 e. The SMILES string of the molecule is Nc1cc(C(F)(F)F)ccc1NCC(F)F. The number of hydrogen-bond donors (Lipinski definition) is 2. The van der Waals surface area contributed by atoms with Crippen molar-refractivity contribution in [2.24, 2.45) is 0 Å². The Labute approximate surface area is 88.2 Å². The van der Waals surface area contributed by atoms with Crippen LogP contribution in [-0.4, -0.2) is 13.0 Å². The minimum atomic E-state index is -4.49. The summed E-state index contributed by atoms with van der Waals surface area (Å²) in [6.45, 7) is -0.657. The summed E-state index contributed by atoms with van der Waals surface area (Å²) in [5, 5.41) is 2.25. The van der Waals surface area contributed by atoms with E-state index >= 15 is 0 Å². The van der Waals surface area contributed by atoms with E-state index in [4.69, 9.17) is 5.73 Å². The van der Waals surface area contributed by atoms with Crippen molar-refractivity contribution in [3.63, 3.8) is 0 Å². The molecule has 0 fully saturated rings. The van der Waals surface area contributed by atoms with Crippen molar-refractivity contribution in [1.29, 1.82) is 0 Å². The number of halogens is 5. The standard InChI is InChI=1S/C9H9F5N2/c10-8(11)4-16-7-2-1-5(3-6(7)15)9(12,13)14/h1-3,8,16H,4,15H2. The fraction of sp³-hybridized carbons (Fsp3) is 0.333. The predicted octanol–water partition coefficient (Wildman–Crippen LogP) is 2.96. The van der Waals surface area contributed by atoms with Gasteiger partial charge in [-0.15, -0.1) is 0 Å². The number of nitrogen functional groups attached to an aromatic ring is 1. The Kier molecular flexibility index (Phi) is 3.56. The Bertz CT molecular complexity index is 361. The number of nitrogens with two attached hydrogens (primary N) is 1. The average Bonchev–Trinajstić information content (AvgIpc) is 2.14. The van der Waals surface area contributed by atoms with Gasteiger partial charge >= 0.3 is 6.18 Å². The first-order valence-corrected chi connectivity index (χ1v) is 4.29. The molecule has 0 spiro atoms. The molecule has 7 heteroatoms. The van der Waals surface area contributed by atoms with Crippen LogP contribution in [0.5, 0.6) is 0 Å². The second-order valence-electron chi connectivity index (χ2n) is 3.07. The molecule has 1 rings (SSSR count). The fourth-order valence-corrected chi connectivity index (χ4v) is 1.09. The first kappa shape index (κ1) is 12.5. The van der Waals surface area contributed by atoms with Gasteiger partial charge in [-0.25, -0.2) is 8.78 Å². The molecule has 16 heavy (non-hydrogen) atoms. The third-order valence-corrected chi connectivity index (χ3v) is 1.83. The van der Waals surface area contributed by atoms with E-state index in [1.165, 1.54) is 0 Å². The van der Waals surface area contributed by atoms with E-state index in [1.807, 2.05) is 0 Å². The predicted molar refractivity (Wildman–Crippen MR) is 50.4 cm³/mol. The molecule has 90 valence electrons. The molecule has 3 N–H and O–H groups in total. The van der Waals surface area contributed by atoms with Crippen LogP contribution in [0.1, 0.15) is 5.56 Å². The lowest BCUT2D eigenvalue weighted by atomic mass is 10.1. The van der Waals surface area contributed by atoms with Gasteiger partial charge in [-0.3, -0.25) is 0 Å². The van der Waals surface area contributed by atoms with Crippen LogP contribution in [-0.2, 0) is 6.18 Å². The number of benzene rings is 1.